The minimum absolute atomic E-state index is 0.0951. The number of anilines is 1. The van der Waals surface area contributed by atoms with Gasteiger partial charge in [-0.15, -0.1) is 0 Å². The molecule has 0 amide bonds. The molecule has 1 atom stereocenters. The molecule has 1 aromatic heterocycles. The SMILES string of the molecule is CCCn1cc(NC(C)C2CCCCC2)ccc1=O. The van der Waals surface area contributed by atoms with Crippen LogP contribution in [0, 0.1) is 5.92 Å². The number of rotatable bonds is 5. The molecule has 1 fully saturated rings. The molecule has 0 aromatic carbocycles. The van der Waals surface area contributed by atoms with Crippen molar-refractivity contribution >= 4 is 5.69 Å². The molecule has 3 nitrogen and oxygen atoms in total. The number of aryl methyl sites for hydroxylation is 1. The van der Waals surface area contributed by atoms with E-state index in [1.165, 1.54) is 32.1 Å². The maximum atomic E-state index is 11.7. The second-order valence-corrected chi connectivity index (χ2v) is 5.78. The molecule has 2 rings (SSSR count). The summed E-state index contributed by atoms with van der Waals surface area (Å²) in [5.41, 5.74) is 1.17. The van der Waals surface area contributed by atoms with Gasteiger partial charge in [-0.25, -0.2) is 0 Å². The Morgan fingerprint density at radius 2 is 2.05 bits per heavy atom. The lowest BCUT2D eigenvalue weighted by Crippen LogP contribution is -2.28. The lowest BCUT2D eigenvalue weighted by molar-refractivity contribution is 0.328. The van der Waals surface area contributed by atoms with Gasteiger partial charge in [-0.2, -0.15) is 0 Å². The Morgan fingerprint density at radius 3 is 2.74 bits per heavy atom. The molecule has 19 heavy (non-hydrogen) atoms. The molecule has 3 heteroatoms. The first-order valence-electron chi connectivity index (χ1n) is 7.67. The molecular weight excluding hydrogens is 236 g/mol. The Morgan fingerprint density at radius 1 is 1.32 bits per heavy atom. The topological polar surface area (TPSA) is 34.0 Å². The van der Waals surface area contributed by atoms with E-state index in [1.807, 2.05) is 12.3 Å². The number of aromatic nitrogens is 1. The molecule has 0 aliphatic heterocycles. The van der Waals surface area contributed by atoms with E-state index in [4.69, 9.17) is 0 Å². The molecule has 1 aromatic rings. The van der Waals surface area contributed by atoms with Gasteiger partial charge in [-0.05, 0) is 38.2 Å². The van der Waals surface area contributed by atoms with Crippen molar-refractivity contribution in [2.45, 2.75) is 65.0 Å². The highest BCUT2D eigenvalue weighted by Crippen LogP contribution is 2.27. The molecule has 0 saturated heterocycles. The molecule has 1 N–H and O–H groups in total. The number of nitrogens with one attached hydrogen (secondary N) is 1. The van der Waals surface area contributed by atoms with Crippen molar-refractivity contribution in [2.24, 2.45) is 5.92 Å². The summed E-state index contributed by atoms with van der Waals surface area (Å²) in [6, 6.07) is 4.08. The Labute approximate surface area is 116 Å². The minimum atomic E-state index is 0.0951. The third-order valence-corrected chi connectivity index (χ3v) is 4.20. The van der Waals surface area contributed by atoms with Crippen LogP contribution in [-0.2, 0) is 6.54 Å². The summed E-state index contributed by atoms with van der Waals surface area (Å²) in [4.78, 5) is 11.7. The Balaban J connectivity index is 2.01. The second kappa shape index (κ2) is 6.78. The second-order valence-electron chi connectivity index (χ2n) is 5.78. The summed E-state index contributed by atoms with van der Waals surface area (Å²) in [7, 11) is 0. The van der Waals surface area contributed by atoms with Crippen LogP contribution < -0.4 is 10.9 Å². The molecule has 0 bridgehead atoms. The molecule has 0 radical (unpaired) electrons. The van der Waals surface area contributed by atoms with Crippen LogP contribution in [0.2, 0.25) is 0 Å². The quantitative estimate of drug-likeness (QED) is 0.879. The van der Waals surface area contributed by atoms with Crippen molar-refractivity contribution in [3.8, 4) is 0 Å². The number of hydrogen-bond acceptors (Lipinski definition) is 2. The fourth-order valence-corrected chi connectivity index (χ4v) is 3.05. The summed E-state index contributed by atoms with van der Waals surface area (Å²) in [5.74, 6) is 0.778. The Hall–Kier alpha value is -1.25. The van der Waals surface area contributed by atoms with Gasteiger partial charge >= 0.3 is 0 Å². The van der Waals surface area contributed by atoms with Gasteiger partial charge in [0.1, 0.15) is 0 Å². The van der Waals surface area contributed by atoms with E-state index in [1.54, 1.807) is 10.6 Å². The van der Waals surface area contributed by atoms with Gasteiger partial charge in [0.15, 0.2) is 0 Å². The molecule has 1 heterocycles. The van der Waals surface area contributed by atoms with Crippen molar-refractivity contribution in [1.29, 1.82) is 0 Å². The molecule has 1 unspecified atom stereocenters. The van der Waals surface area contributed by atoms with Gasteiger partial charge in [-0.1, -0.05) is 26.2 Å². The van der Waals surface area contributed by atoms with Gasteiger partial charge in [0.25, 0.3) is 5.56 Å². The summed E-state index contributed by atoms with van der Waals surface area (Å²) in [6.07, 6.45) is 9.75. The fraction of sp³-hybridized carbons (Fsp3) is 0.688. The number of nitrogens with zero attached hydrogens (tertiary/aromatic N) is 1. The predicted octanol–water partition coefficient (Wildman–Crippen LogP) is 3.64. The van der Waals surface area contributed by atoms with Crippen LogP contribution in [-0.4, -0.2) is 10.6 Å². The van der Waals surface area contributed by atoms with Crippen LogP contribution >= 0.6 is 0 Å². The lowest BCUT2D eigenvalue weighted by Gasteiger charge is -2.29. The Kier molecular flexibility index (Phi) is 5.06. The van der Waals surface area contributed by atoms with E-state index < -0.39 is 0 Å². The van der Waals surface area contributed by atoms with Crippen LogP contribution in [0.3, 0.4) is 0 Å². The largest absolute Gasteiger partial charge is 0.381 e. The normalized spacial score (nSPS) is 18.2. The predicted molar refractivity (Wildman–Crippen MR) is 80.7 cm³/mol. The van der Waals surface area contributed by atoms with E-state index >= 15 is 0 Å². The molecule has 0 spiro atoms. The van der Waals surface area contributed by atoms with Crippen molar-refractivity contribution in [3.05, 3.63) is 28.7 Å². The van der Waals surface area contributed by atoms with E-state index in [-0.39, 0.29) is 5.56 Å². The van der Waals surface area contributed by atoms with Gasteiger partial charge < -0.3 is 9.88 Å². The van der Waals surface area contributed by atoms with Crippen LogP contribution in [0.1, 0.15) is 52.4 Å². The smallest absolute Gasteiger partial charge is 0.250 e. The van der Waals surface area contributed by atoms with Gasteiger partial charge in [0.05, 0.1) is 5.69 Å². The first-order valence-corrected chi connectivity index (χ1v) is 7.67. The third-order valence-electron chi connectivity index (χ3n) is 4.20. The fourth-order valence-electron chi connectivity index (χ4n) is 3.05. The summed E-state index contributed by atoms with van der Waals surface area (Å²) in [6.45, 7) is 5.16. The highest BCUT2D eigenvalue weighted by Gasteiger charge is 2.19. The van der Waals surface area contributed by atoms with Crippen LogP contribution in [0.25, 0.3) is 0 Å². The van der Waals surface area contributed by atoms with E-state index in [0.717, 1.165) is 24.6 Å². The number of pyridine rings is 1. The first-order chi connectivity index (χ1) is 9.20. The van der Waals surface area contributed by atoms with Crippen LogP contribution in [0.15, 0.2) is 23.1 Å². The average molecular weight is 262 g/mol. The first kappa shape index (κ1) is 14.2. The van der Waals surface area contributed by atoms with Crippen molar-refractivity contribution < 1.29 is 0 Å². The summed E-state index contributed by atoms with van der Waals surface area (Å²) in [5, 5.41) is 3.58. The van der Waals surface area contributed by atoms with E-state index in [0.29, 0.717) is 6.04 Å². The molecule has 1 saturated carbocycles. The number of hydrogen-bond donors (Lipinski definition) is 1. The molecule has 1 aliphatic rings. The van der Waals surface area contributed by atoms with Crippen LogP contribution in [0.4, 0.5) is 5.69 Å². The zero-order chi connectivity index (χ0) is 13.7. The minimum Gasteiger partial charge on any atom is -0.381 e. The van der Waals surface area contributed by atoms with Crippen molar-refractivity contribution in [1.82, 2.24) is 4.57 Å². The van der Waals surface area contributed by atoms with Crippen molar-refractivity contribution in [3.63, 3.8) is 0 Å². The molecule has 106 valence electrons. The molecular formula is C16H26N2O. The Bertz CT molecular complexity index is 446. The highest BCUT2D eigenvalue weighted by molar-refractivity contribution is 5.41. The van der Waals surface area contributed by atoms with Crippen molar-refractivity contribution in [2.75, 3.05) is 5.32 Å². The van der Waals surface area contributed by atoms with Gasteiger partial charge in [-0.3, -0.25) is 4.79 Å². The average Bonchev–Trinajstić information content (AvgIpc) is 2.44. The standard InChI is InChI=1S/C16H26N2O/c1-3-11-18-12-15(9-10-16(18)19)17-13(2)14-7-5-4-6-8-14/h9-10,12-14,17H,3-8,11H2,1-2H3. The third kappa shape index (κ3) is 3.85. The summed E-state index contributed by atoms with van der Waals surface area (Å²) >= 11 is 0. The van der Waals surface area contributed by atoms with Gasteiger partial charge in [0.2, 0.25) is 0 Å². The van der Waals surface area contributed by atoms with Crippen LogP contribution in [0.5, 0.6) is 0 Å². The maximum Gasteiger partial charge on any atom is 0.250 e. The van der Waals surface area contributed by atoms with Gasteiger partial charge in [0, 0.05) is 24.8 Å². The lowest BCUT2D eigenvalue weighted by atomic mass is 9.84. The highest BCUT2D eigenvalue weighted by atomic mass is 16.1. The van der Waals surface area contributed by atoms with E-state index in [9.17, 15) is 4.79 Å². The van der Waals surface area contributed by atoms with E-state index in [2.05, 4.69) is 19.2 Å². The zero-order valence-corrected chi connectivity index (χ0v) is 12.2. The summed E-state index contributed by atoms with van der Waals surface area (Å²) < 4.78 is 1.80. The maximum absolute atomic E-state index is 11.7. The molecule has 1 aliphatic carbocycles. The zero-order valence-electron chi connectivity index (χ0n) is 12.2. The monoisotopic (exact) mass is 262 g/mol.